The number of hydrogen-bond acceptors (Lipinski definition) is 8. The lowest BCUT2D eigenvalue weighted by molar-refractivity contribution is -0.151. The summed E-state index contributed by atoms with van der Waals surface area (Å²) in [5, 5.41) is -0.159. The van der Waals surface area contributed by atoms with Gasteiger partial charge in [-0.25, -0.2) is 4.79 Å². The Balaban J connectivity index is 1.71. The molecule has 0 spiro atoms. The molecule has 3 aliphatic rings. The van der Waals surface area contributed by atoms with Gasteiger partial charge in [0, 0.05) is 19.4 Å². The monoisotopic (exact) mass is 469 g/mol. The molecule has 0 aliphatic carbocycles. The first-order valence-corrected chi connectivity index (χ1v) is 14.2. The summed E-state index contributed by atoms with van der Waals surface area (Å²) in [6.07, 6.45) is 1.63. The first kappa shape index (κ1) is 23.9. The molecule has 2 saturated heterocycles. The van der Waals surface area contributed by atoms with Gasteiger partial charge in [-0.2, -0.15) is 0 Å². The molecule has 0 saturated carbocycles. The molecular weight excluding hydrogens is 438 g/mol. The second kappa shape index (κ2) is 8.99. The number of amides is 1. The van der Waals surface area contributed by atoms with Crippen molar-refractivity contribution in [3.05, 3.63) is 23.4 Å². The average Bonchev–Trinajstić information content (AvgIpc) is 3.21. The maximum Gasteiger partial charge on any atom is 0.515 e. The zero-order valence-electron chi connectivity index (χ0n) is 18.8. The number of cyclic esters (lactones) is 1. The Morgan fingerprint density at radius 3 is 2.65 bits per heavy atom. The second-order valence-corrected chi connectivity index (χ2v) is 15.4. The maximum absolute atomic E-state index is 12.9. The molecule has 0 bridgehead atoms. The molecule has 0 aromatic rings. The van der Waals surface area contributed by atoms with Gasteiger partial charge in [-0.05, 0) is 24.6 Å². The lowest BCUT2D eigenvalue weighted by atomic mass is 10.00. The summed E-state index contributed by atoms with van der Waals surface area (Å²) in [5.74, 6) is -0.506. The Kier molecular flexibility index (Phi) is 6.92. The van der Waals surface area contributed by atoms with Crippen LogP contribution in [0.3, 0.4) is 0 Å². The molecule has 0 aromatic heterocycles. The highest BCUT2D eigenvalue weighted by Crippen LogP contribution is 2.52. The number of hydrogen-bond donors (Lipinski definition) is 0. The van der Waals surface area contributed by atoms with Crippen molar-refractivity contribution in [2.24, 2.45) is 5.92 Å². The van der Waals surface area contributed by atoms with Gasteiger partial charge in [-0.3, -0.25) is 14.5 Å². The third-order valence-electron chi connectivity index (χ3n) is 6.18. The molecule has 0 aromatic carbocycles. The van der Waals surface area contributed by atoms with Crippen molar-refractivity contribution in [2.45, 2.75) is 69.6 Å². The molecule has 172 valence electrons. The van der Waals surface area contributed by atoms with Gasteiger partial charge in [0.15, 0.2) is 8.32 Å². The highest BCUT2D eigenvalue weighted by atomic mass is 32.2. The fraction of sp³-hybridized carbons (Fsp3) is 0.667. The smallest absolute Gasteiger partial charge is 0.462 e. The Bertz CT molecular complexity index is 804. The minimum atomic E-state index is -2.00. The Morgan fingerprint density at radius 2 is 2.06 bits per heavy atom. The van der Waals surface area contributed by atoms with Gasteiger partial charge in [0.1, 0.15) is 18.1 Å². The Morgan fingerprint density at radius 1 is 1.35 bits per heavy atom. The summed E-state index contributed by atoms with van der Waals surface area (Å²) in [6, 6.07) is 0. The first-order chi connectivity index (χ1) is 14.4. The predicted molar refractivity (Wildman–Crippen MR) is 118 cm³/mol. The van der Waals surface area contributed by atoms with Gasteiger partial charge in [0.2, 0.25) is 11.8 Å². The maximum atomic E-state index is 12.9. The molecule has 3 rings (SSSR count). The van der Waals surface area contributed by atoms with E-state index in [4.69, 9.17) is 18.6 Å². The van der Waals surface area contributed by atoms with Gasteiger partial charge in [0.25, 0.3) is 0 Å². The predicted octanol–water partition coefficient (Wildman–Crippen LogP) is 4.14. The van der Waals surface area contributed by atoms with Gasteiger partial charge < -0.3 is 18.6 Å². The van der Waals surface area contributed by atoms with Crippen molar-refractivity contribution in [3.8, 4) is 0 Å². The molecule has 2 fully saturated rings. The Hall–Kier alpha value is -1.78. The van der Waals surface area contributed by atoms with E-state index in [0.29, 0.717) is 30.8 Å². The van der Waals surface area contributed by atoms with E-state index >= 15 is 0 Å². The van der Waals surface area contributed by atoms with E-state index < -0.39 is 14.5 Å². The van der Waals surface area contributed by atoms with Crippen molar-refractivity contribution in [1.29, 1.82) is 0 Å². The number of carbonyl (C=O) groups is 3. The Labute approximate surface area is 188 Å². The van der Waals surface area contributed by atoms with Gasteiger partial charge in [-0.15, -0.1) is 0 Å². The lowest BCUT2D eigenvalue weighted by Crippen LogP contribution is -2.59. The van der Waals surface area contributed by atoms with Crippen molar-refractivity contribution in [2.75, 3.05) is 13.2 Å². The zero-order valence-corrected chi connectivity index (χ0v) is 20.6. The molecule has 3 heterocycles. The minimum absolute atomic E-state index is 0.00911. The SMILES string of the molecule is C=CCOC(=O)OC1=C(C[C@H]2CCC(=O)O2)S[C@@H]2[C@@H](CO[Si](C)(C)C(C)(C)C)C(=O)N12. The average molecular weight is 470 g/mol. The molecule has 10 heteroatoms. The van der Waals surface area contributed by atoms with E-state index in [0.717, 1.165) is 0 Å². The number of fused-ring (bicyclic) bond motifs is 1. The van der Waals surface area contributed by atoms with Crippen molar-refractivity contribution in [3.63, 3.8) is 0 Å². The van der Waals surface area contributed by atoms with Gasteiger partial charge >= 0.3 is 12.1 Å². The van der Waals surface area contributed by atoms with Crippen LogP contribution in [0.5, 0.6) is 0 Å². The molecule has 0 N–H and O–H groups in total. The van der Waals surface area contributed by atoms with Crippen LogP contribution in [0, 0.1) is 5.92 Å². The topological polar surface area (TPSA) is 91.4 Å². The lowest BCUT2D eigenvalue weighted by Gasteiger charge is -2.44. The van der Waals surface area contributed by atoms with E-state index in [1.807, 2.05) is 0 Å². The number of esters is 1. The van der Waals surface area contributed by atoms with E-state index in [1.165, 1.54) is 22.7 Å². The van der Waals surface area contributed by atoms with E-state index in [2.05, 4.69) is 40.4 Å². The molecular formula is C21H31NO7SSi. The molecule has 3 atom stereocenters. The van der Waals surface area contributed by atoms with Crippen LogP contribution in [-0.2, 0) is 28.2 Å². The van der Waals surface area contributed by atoms with Crippen LogP contribution >= 0.6 is 11.8 Å². The molecule has 8 nitrogen and oxygen atoms in total. The fourth-order valence-corrected chi connectivity index (χ4v) is 5.79. The molecule has 0 unspecified atom stereocenters. The van der Waals surface area contributed by atoms with Crippen LogP contribution < -0.4 is 0 Å². The van der Waals surface area contributed by atoms with Gasteiger partial charge in [0.05, 0.1) is 10.8 Å². The number of ether oxygens (including phenoxy) is 3. The number of thioether (sulfide) groups is 1. The van der Waals surface area contributed by atoms with Gasteiger partial charge in [-0.1, -0.05) is 45.2 Å². The molecule has 0 radical (unpaired) electrons. The molecule has 3 aliphatic heterocycles. The summed E-state index contributed by atoms with van der Waals surface area (Å²) in [7, 11) is -2.00. The normalized spacial score (nSPS) is 25.8. The van der Waals surface area contributed by atoms with E-state index in [9.17, 15) is 14.4 Å². The fourth-order valence-electron chi connectivity index (χ4n) is 3.28. The summed E-state index contributed by atoms with van der Waals surface area (Å²) in [4.78, 5) is 38.7. The molecule has 31 heavy (non-hydrogen) atoms. The highest BCUT2D eigenvalue weighted by molar-refractivity contribution is 8.04. The van der Waals surface area contributed by atoms with Crippen LogP contribution in [0.15, 0.2) is 23.4 Å². The largest absolute Gasteiger partial charge is 0.515 e. The quantitative estimate of drug-likeness (QED) is 0.227. The van der Waals surface area contributed by atoms with E-state index in [1.54, 1.807) is 0 Å². The number of carbonyl (C=O) groups excluding carboxylic acids is 3. The van der Waals surface area contributed by atoms with E-state index in [-0.39, 0.29) is 46.8 Å². The first-order valence-electron chi connectivity index (χ1n) is 10.5. The summed E-state index contributed by atoms with van der Waals surface area (Å²) < 4.78 is 21.9. The third-order valence-corrected chi connectivity index (χ3v) is 12.1. The number of rotatable bonds is 8. The van der Waals surface area contributed by atoms with Crippen LogP contribution in [0.2, 0.25) is 18.1 Å². The number of β-lactam (4-membered cyclic amide) rings is 1. The zero-order chi connectivity index (χ0) is 23.0. The van der Waals surface area contributed by atoms with Crippen LogP contribution in [-0.4, -0.2) is 55.9 Å². The van der Waals surface area contributed by atoms with Crippen LogP contribution in [0.1, 0.15) is 40.0 Å². The van der Waals surface area contributed by atoms with Crippen molar-refractivity contribution in [1.82, 2.24) is 4.90 Å². The number of nitrogens with zero attached hydrogens (tertiary/aromatic N) is 1. The second-order valence-electron chi connectivity index (χ2n) is 9.43. The highest BCUT2D eigenvalue weighted by Gasteiger charge is 2.57. The summed E-state index contributed by atoms with van der Waals surface area (Å²) in [5.41, 5.74) is 0. The van der Waals surface area contributed by atoms with Crippen LogP contribution in [0.4, 0.5) is 4.79 Å². The summed E-state index contributed by atoms with van der Waals surface area (Å²) in [6.45, 7) is 14.6. The summed E-state index contributed by atoms with van der Waals surface area (Å²) >= 11 is 1.47. The third kappa shape index (κ3) is 5.01. The molecule has 1 amide bonds. The standard InChI is InChI=1S/C21H31NO7SSi/c1-7-10-26-20(25)29-18-15(11-13-8-9-16(23)28-13)30-19-14(17(24)22(18)19)12-27-31(5,6)21(2,3)4/h7,13-14,19H,1,8-12H2,2-6H3/t13-,14+,19-/m1/s1. The van der Waals surface area contributed by atoms with Crippen molar-refractivity contribution >= 4 is 38.1 Å². The van der Waals surface area contributed by atoms with Crippen LogP contribution in [0.25, 0.3) is 0 Å². The minimum Gasteiger partial charge on any atom is -0.462 e. The van der Waals surface area contributed by atoms with Crippen molar-refractivity contribution < 1.29 is 33.0 Å².